The number of hydrogen-bond donors (Lipinski definition) is 0. The van der Waals surface area contributed by atoms with E-state index in [-0.39, 0.29) is 0 Å². The number of ether oxygens (including phenoxy) is 1. The second kappa shape index (κ2) is 12.0. The van der Waals surface area contributed by atoms with Gasteiger partial charge >= 0.3 is 0 Å². The van der Waals surface area contributed by atoms with Gasteiger partial charge in [-0.05, 0) is 74.8 Å². The SMILES string of the molecule is c1ccc(-c2cc(-c3ccccc3)cc(-c3cccc4c3Oc3ccccc3C43c4ccccc4-c4c(-c5ccccc5)nc5ccccc5c43)c2)cc1. The summed E-state index contributed by atoms with van der Waals surface area (Å²) in [6.07, 6.45) is 0. The molecule has 2 aliphatic rings. The molecule has 1 atom stereocenters. The monoisotopic (exact) mass is 687 g/mol. The van der Waals surface area contributed by atoms with Gasteiger partial charge in [-0.3, -0.25) is 0 Å². The zero-order chi connectivity index (χ0) is 35.6. The van der Waals surface area contributed by atoms with Crippen LogP contribution in [0.15, 0.2) is 200 Å². The average Bonchev–Trinajstić information content (AvgIpc) is 3.56. The largest absolute Gasteiger partial charge is 0.456 e. The van der Waals surface area contributed by atoms with Gasteiger partial charge in [0.25, 0.3) is 0 Å². The van der Waals surface area contributed by atoms with E-state index in [2.05, 4.69) is 200 Å². The third-order valence-electron chi connectivity index (χ3n) is 11.3. The van der Waals surface area contributed by atoms with E-state index in [0.29, 0.717) is 0 Å². The van der Waals surface area contributed by atoms with Crippen molar-refractivity contribution in [2.45, 2.75) is 5.41 Å². The Balaban J connectivity index is 1.26. The van der Waals surface area contributed by atoms with Gasteiger partial charge in [-0.2, -0.15) is 0 Å². The van der Waals surface area contributed by atoms with Gasteiger partial charge in [0, 0.05) is 33.2 Å². The van der Waals surface area contributed by atoms with Gasteiger partial charge in [-0.1, -0.05) is 170 Å². The van der Waals surface area contributed by atoms with Crippen molar-refractivity contribution in [2.24, 2.45) is 0 Å². The first kappa shape index (κ1) is 30.6. The Morgan fingerprint density at radius 1 is 0.389 bits per heavy atom. The fraction of sp³-hybridized carbons (Fsp3) is 0.0192. The molecule has 0 saturated carbocycles. The van der Waals surface area contributed by atoms with Crippen molar-refractivity contribution in [1.82, 2.24) is 4.98 Å². The van der Waals surface area contributed by atoms with Crippen LogP contribution in [0.3, 0.4) is 0 Å². The highest BCUT2D eigenvalue weighted by atomic mass is 16.5. The minimum atomic E-state index is -0.669. The maximum atomic E-state index is 7.18. The van der Waals surface area contributed by atoms with E-state index in [0.717, 1.165) is 67.0 Å². The van der Waals surface area contributed by atoms with Gasteiger partial charge in [0.2, 0.25) is 0 Å². The lowest BCUT2D eigenvalue weighted by Crippen LogP contribution is -2.32. The van der Waals surface area contributed by atoms with Crippen LogP contribution >= 0.6 is 0 Å². The molecule has 1 aromatic heterocycles. The van der Waals surface area contributed by atoms with Gasteiger partial charge in [0.15, 0.2) is 0 Å². The molecule has 1 aliphatic carbocycles. The Morgan fingerprint density at radius 2 is 0.926 bits per heavy atom. The number of nitrogens with zero attached hydrogens (tertiary/aromatic N) is 1. The molecule has 2 heteroatoms. The predicted molar refractivity (Wildman–Crippen MR) is 221 cm³/mol. The van der Waals surface area contributed by atoms with Crippen molar-refractivity contribution >= 4 is 10.9 Å². The summed E-state index contributed by atoms with van der Waals surface area (Å²) in [7, 11) is 0. The summed E-state index contributed by atoms with van der Waals surface area (Å²) in [6.45, 7) is 0. The standard InChI is InChI=1S/C52H33NO/c1-4-17-34(18-5-1)37-31-38(35-19-6-2-7-20-35)33-39(32-37)40-25-16-28-45-51(40)54-47-30-15-13-27-44(47)52(45)43-26-12-10-23-41(43)48-49(52)42-24-11-14-29-46(42)53-50(48)36-21-8-3-9-22-36/h1-33H. The second-order valence-corrected chi connectivity index (χ2v) is 14.2. The van der Waals surface area contributed by atoms with Gasteiger partial charge < -0.3 is 4.74 Å². The fourth-order valence-electron chi connectivity index (χ4n) is 9.06. The van der Waals surface area contributed by atoms with Crippen LogP contribution in [0.4, 0.5) is 0 Å². The Bertz CT molecular complexity index is 2840. The molecule has 0 amide bonds. The van der Waals surface area contributed by atoms with Crippen LogP contribution in [0.25, 0.3) is 66.7 Å². The van der Waals surface area contributed by atoms with E-state index in [1.165, 1.54) is 33.4 Å². The normalized spacial score (nSPS) is 14.9. The third kappa shape index (κ3) is 4.44. The van der Waals surface area contributed by atoms with Crippen molar-refractivity contribution < 1.29 is 4.74 Å². The highest BCUT2D eigenvalue weighted by Crippen LogP contribution is 2.65. The smallest absolute Gasteiger partial charge is 0.140 e. The minimum absolute atomic E-state index is 0.669. The first-order valence-electron chi connectivity index (χ1n) is 18.5. The Hall–Kier alpha value is -7.03. The highest BCUT2D eigenvalue weighted by molar-refractivity contribution is 6.05. The van der Waals surface area contributed by atoms with Gasteiger partial charge in [-0.25, -0.2) is 4.98 Å². The molecule has 1 unspecified atom stereocenters. The van der Waals surface area contributed by atoms with E-state index in [1.807, 2.05) is 0 Å². The van der Waals surface area contributed by atoms with E-state index < -0.39 is 5.41 Å². The molecule has 252 valence electrons. The lowest BCUT2D eigenvalue weighted by Gasteiger charge is -2.40. The van der Waals surface area contributed by atoms with Crippen LogP contribution in [-0.4, -0.2) is 4.98 Å². The Morgan fingerprint density at radius 3 is 1.65 bits per heavy atom. The summed E-state index contributed by atoms with van der Waals surface area (Å²) < 4.78 is 7.18. The summed E-state index contributed by atoms with van der Waals surface area (Å²) in [5, 5.41) is 1.15. The summed E-state index contributed by atoms with van der Waals surface area (Å²) in [6, 6.07) is 71.8. The molecule has 2 heterocycles. The lowest BCUT2D eigenvalue weighted by molar-refractivity contribution is 0.438. The molecule has 8 aromatic carbocycles. The van der Waals surface area contributed by atoms with E-state index >= 15 is 0 Å². The first-order valence-corrected chi connectivity index (χ1v) is 18.5. The van der Waals surface area contributed by atoms with Crippen LogP contribution in [-0.2, 0) is 5.41 Å². The molecule has 9 aromatic rings. The molecule has 0 radical (unpaired) electrons. The van der Waals surface area contributed by atoms with E-state index in [4.69, 9.17) is 9.72 Å². The molecule has 0 fully saturated rings. The number of aromatic nitrogens is 1. The van der Waals surface area contributed by atoms with Crippen molar-refractivity contribution in [2.75, 3.05) is 0 Å². The molecular weight excluding hydrogens is 655 g/mol. The molecule has 0 N–H and O–H groups in total. The van der Waals surface area contributed by atoms with Crippen LogP contribution < -0.4 is 4.74 Å². The van der Waals surface area contributed by atoms with Crippen molar-refractivity contribution in [3.05, 3.63) is 222 Å². The topological polar surface area (TPSA) is 22.1 Å². The van der Waals surface area contributed by atoms with Crippen molar-refractivity contribution in [3.63, 3.8) is 0 Å². The maximum Gasteiger partial charge on any atom is 0.140 e. The minimum Gasteiger partial charge on any atom is -0.456 e. The number of benzene rings is 8. The van der Waals surface area contributed by atoms with Crippen LogP contribution in [0, 0.1) is 0 Å². The molecule has 11 rings (SSSR count). The molecule has 1 aliphatic heterocycles. The number of pyridine rings is 1. The predicted octanol–water partition coefficient (Wildman–Crippen LogP) is 13.4. The molecule has 1 spiro atoms. The molecular formula is C52H33NO. The van der Waals surface area contributed by atoms with Crippen molar-refractivity contribution in [3.8, 4) is 67.3 Å². The number of hydrogen-bond acceptors (Lipinski definition) is 2. The number of fused-ring (bicyclic) bond motifs is 11. The third-order valence-corrected chi connectivity index (χ3v) is 11.3. The molecule has 2 nitrogen and oxygen atoms in total. The van der Waals surface area contributed by atoms with Gasteiger partial charge in [0.1, 0.15) is 11.5 Å². The molecule has 54 heavy (non-hydrogen) atoms. The number of para-hydroxylation sites is 3. The Kier molecular flexibility index (Phi) is 6.80. The van der Waals surface area contributed by atoms with Crippen LogP contribution in [0.2, 0.25) is 0 Å². The molecule has 0 saturated heterocycles. The second-order valence-electron chi connectivity index (χ2n) is 14.2. The fourth-order valence-corrected chi connectivity index (χ4v) is 9.06. The maximum absolute atomic E-state index is 7.18. The quantitative estimate of drug-likeness (QED) is 0.184. The zero-order valence-corrected chi connectivity index (χ0v) is 29.4. The zero-order valence-electron chi connectivity index (χ0n) is 29.4. The van der Waals surface area contributed by atoms with Crippen LogP contribution in [0.1, 0.15) is 22.3 Å². The van der Waals surface area contributed by atoms with Gasteiger partial charge in [0.05, 0.1) is 16.6 Å². The van der Waals surface area contributed by atoms with Crippen LogP contribution in [0.5, 0.6) is 11.5 Å². The lowest BCUT2D eigenvalue weighted by atomic mass is 9.65. The summed E-state index contributed by atoms with van der Waals surface area (Å²) in [4.78, 5) is 5.42. The van der Waals surface area contributed by atoms with Gasteiger partial charge in [-0.15, -0.1) is 0 Å². The summed E-state index contributed by atoms with van der Waals surface area (Å²) in [5.41, 5.74) is 16.4. The average molecular weight is 688 g/mol. The highest BCUT2D eigenvalue weighted by Gasteiger charge is 2.53. The summed E-state index contributed by atoms with van der Waals surface area (Å²) in [5.74, 6) is 1.75. The number of rotatable bonds is 4. The first-order chi connectivity index (χ1) is 26.8. The Labute approximate surface area is 314 Å². The molecule has 0 bridgehead atoms. The van der Waals surface area contributed by atoms with Crippen molar-refractivity contribution in [1.29, 1.82) is 0 Å². The van der Waals surface area contributed by atoms with E-state index in [1.54, 1.807) is 0 Å². The summed E-state index contributed by atoms with van der Waals surface area (Å²) >= 11 is 0. The van der Waals surface area contributed by atoms with E-state index in [9.17, 15) is 0 Å².